The van der Waals surface area contributed by atoms with Crippen LogP contribution in [0.1, 0.15) is 19.3 Å². The van der Waals surface area contributed by atoms with Crippen LogP contribution in [0.5, 0.6) is 0 Å². The molecule has 118 valence electrons. The number of piperidine rings is 1. The maximum Gasteiger partial charge on any atom is 0.227 e. The first-order valence-corrected chi connectivity index (χ1v) is 7.80. The van der Waals surface area contributed by atoms with Crippen molar-refractivity contribution in [2.24, 2.45) is 17.8 Å². The van der Waals surface area contributed by atoms with E-state index in [1.165, 1.54) is 0 Å². The van der Waals surface area contributed by atoms with Crippen molar-refractivity contribution < 1.29 is 18.7 Å². The van der Waals surface area contributed by atoms with Crippen LogP contribution in [0.3, 0.4) is 0 Å². The van der Waals surface area contributed by atoms with Crippen molar-refractivity contribution in [3.8, 4) is 0 Å². The Morgan fingerprint density at radius 1 is 1.38 bits per heavy atom. The van der Waals surface area contributed by atoms with Gasteiger partial charge in [0, 0.05) is 39.2 Å². The summed E-state index contributed by atoms with van der Waals surface area (Å²) in [6.07, 6.45) is 0.854. The molecule has 5 nitrogen and oxygen atoms in total. The molecule has 2 unspecified atom stereocenters. The number of hydrogen-bond acceptors (Lipinski definition) is 3. The monoisotopic (exact) mass is 298 g/mol. The molecule has 0 spiro atoms. The zero-order chi connectivity index (χ0) is 15.0. The first-order chi connectivity index (χ1) is 10.1. The van der Waals surface area contributed by atoms with Crippen molar-refractivity contribution in [1.82, 2.24) is 9.80 Å². The Bertz CT molecular complexity index is 425. The topological polar surface area (TPSA) is 49.9 Å². The van der Waals surface area contributed by atoms with Crippen LogP contribution in [-0.2, 0) is 14.3 Å². The van der Waals surface area contributed by atoms with Crippen LogP contribution >= 0.6 is 0 Å². The fourth-order valence-electron chi connectivity index (χ4n) is 3.72. The molecular formula is C15H23FN2O3. The Kier molecular flexibility index (Phi) is 4.15. The molecule has 3 fully saturated rings. The third kappa shape index (κ3) is 2.78. The predicted octanol–water partition coefficient (Wildman–Crippen LogP) is 0.688. The van der Waals surface area contributed by atoms with Gasteiger partial charge in [0.2, 0.25) is 11.8 Å². The average Bonchev–Trinajstić information content (AvgIpc) is 2.87. The number of alkyl halides is 1. The minimum Gasteiger partial charge on any atom is -0.383 e. The van der Waals surface area contributed by atoms with Gasteiger partial charge in [-0.25, -0.2) is 4.39 Å². The number of hydrogen-bond donors (Lipinski definition) is 0. The zero-order valence-corrected chi connectivity index (χ0v) is 12.5. The average molecular weight is 298 g/mol. The fraction of sp³-hybridized carbons (Fsp3) is 0.867. The SMILES string of the molecule is COCCN1CCC2CN(C(=O)C3CC(F)C3)CC2C1=O. The van der Waals surface area contributed by atoms with Gasteiger partial charge in [0.25, 0.3) is 0 Å². The number of likely N-dealkylation sites (tertiary alicyclic amines) is 2. The van der Waals surface area contributed by atoms with Crippen LogP contribution in [0.25, 0.3) is 0 Å². The molecule has 21 heavy (non-hydrogen) atoms. The molecule has 2 amide bonds. The number of fused-ring (bicyclic) bond motifs is 1. The Hall–Kier alpha value is -1.17. The number of rotatable bonds is 4. The van der Waals surface area contributed by atoms with Gasteiger partial charge in [0.1, 0.15) is 6.17 Å². The quantitative estimate of drug-likeness (QED) is 0.767. The van der Waals surface area contributed by atoms with Crippen LogP contribution in [-0.4, -0.2) is 67.7 Å². The molecule has 6 heteroatoms. The number of methoxy groups -OCH3 is 1. The van der Waals surface area contributed by atoms with Gasteiger partial charge in [-0.2, -0.15) is 0 Å². The summed E-state index contributed by atoms with van der Waals surface area (Å²) in [5, 5.41) is 0. The highest BCUT2D eigenvalue weighted by Gasteiger charge is 2.46. The summed E-state index contributed by atoms with van der Waals surface area (Å²) in [6, 6.07) is 0. The minimum atomic E-state index is -0.810. The van der Waals surface area contributed by atoms with Gasteiger partial charge in [0.05, 0.1) is 12.5 Å². The molecule has 0 aromatic rings. The van der Waals surface area contributed by atoms with E-state index >= 15 is 0 Å². The molecule has 2 heterocycles. The van der Waals surface area contributed by atoms with Gasteiger partial charge in [0.15, 0.2) is 0 Å². The number of halogens is 1. The van der Waals surface area contributed by atoms with Gasteiger partial charge < -0.3 is 14.5 Å². The Morgan fingerprint density at radius 2 is 2.14 bits per heavy atom. The fourth-order valence-corrected chi connectivity index (χ4v) is 3.72. The first kappa shape index (κ1) is 14.8. The summed E-state index contributed by atoms with van der Waals surface area (Å²) in [6.45, 7) is 3.10. The molecule has 3 aliphatic rings. The van der Waals surface area contributed by atoms with E-state index < -0.39 is 6.17 Å². The van der Waals surface area contributed by atoms with E-state index in [-0.39, 0.29) is 29.6 Å². The Labute approximate surface area is 124 Å². The molecule has 0 bridgehead atoms. The molecule has 2 atom stereocenters. The van der Waals surface area contributed by atoms with Crippen molar-refractivity contribution in [2.45, 2.75) is 25.4 Å². The summed E-state index contributed by atoms with van der Waals surface area (Å²) in [5.74, 6) is 0.257. The van der Waals surface area contributed by atoms with E-state index in [0.29, 0.717) is 39.1 Å². The zero-order valence-electron chi connectivity index (χ0n) is 12.5. The summed E-state index contributed by atoms with van der Waals surface area (Å²) < 4.78 is 17.9. The van der Waals surface area contributed by atoms with Gasteiger partial charge in [-0.3, -0.25) is 9.59 Å². The Morgan fingerprint density at radius 3 is 2.81 bits per heavy atom. The number of carbonyl (C=O) groups is 2. The van der Waals surface area contributed by atoms with E-state index in [0.717, 1.165) is 13.0 Å². The van der Waals surface area contributed by atoms with Gasteiger partial charge in [-0.05, 0) is 25.2 Å². The molecule has 0 aromatic carbocycles. The highest BCUT2D eigenvalue weighted by Crippen LogP contribution is 2.36. The molecule has 0 N–H and O–H groups in total. The van der Waals surface area contributed by atoms with Crippen molar-refractivity contribution in [3.05, 3.63) is 0 Å². The summed E-state index contributed by atoms with van der Waals surface area (Å²) in [5.41, 5.74) is 0. The van der Waals surface area contributed by atoms with E-state index in [9.17, 15) is 14.0 Å². The lowest BCUT2D eigenvalue weighted by molar-refractivity contribution is -0.141. The summed E-state index contributed by atoms with van der Waals surface area (Å²) in [4.78, 5) is 28.4. The Balaban J connectivity index is 1.57. The second-order valence-electron chi connectivity index (χ2n) is 6.48. The number of ether oxygens (including phenoxy) is 1. The summed E-state index contributed by atoms with van der Waals surface area (Å²) >= 11 is 0. The van der Waals surface area contributed by atoms with Crippen molar-refractivity contribution in [2.75, 3.05) is 39.9 Å². The lowest BCUT2D eigenvalue weighted by atomic mass is 9.82. The number of carbonyl (C=O) groups excluding carboxylic acids is 2. The molecule has 2 saturated heterocycles. The maximum atomic E-state index is 12.9. The molecule has 3 rings (SSSR count). The predicted molar refractivity (Wildman–Crippen MR) is 74.3 cm³/mol. The highest BCUT2D eigenvalue weighted by molar-refractivity contribution is 5.84. The molecule has 2 aliphatic heterocycles. The number of nitrogens with zero attached hydrogens (tertiary/aromatic N) is 2. The highest BCUT2D eigenvalue weighted by atomic mass is 19.1. The first-order valence-electron chi connectivity index (χ1n) is 7.80. The standard InChI is InChI=1S/C15H23FN2O3/c1-21-5-4-17-3-2-10-8-18(9-13(10)15(17)20)14(19)11-6-12(16)7-11/h10-13H,2-9H2,1H3. The van der Waals surface area contributed by atoms with Crippen LogP contribution in [0.4, 0.5) is 4.39 Å². The normalized spacial score (nSPS) is 35.6. The lowest BCUT2D eigenvalue weighted by Crippen LogP contribution is -2.46. The van der Waals surface area contributed by atoms with Gasteiger partial charge in [-0.15, -0.1) is 0 Å². The van der Waals surface area contributed by atoms with Crippen LogP contribution in [0, 0.1) is 17.8 Å². The molecule has 1 aliphatic carbocycles. The van der Waals surface area contributed by atoms with Crippen LogP contribution in [0.2, 0.25) is 0 Å². The number of amides is 2. The largest absolute Gasteiger partial charge is 0.383 e. The van der Waals surface area contributed by atoms with E-state index in [4.69, 9.17) is 4.74 Å². The van der Waals surface area contributed by atoms with E-state index in [1.807, 2.05) is 4.90 Å². The smallest absolute Gasteiger partial charge is 0.227 e. The van der Waals surface area contributed by atoms with E-state index in [1.54, 1.807) is 12.0 Å². The molecular weight excluding hydrogens is 275 g/mol. The lowest BCUT2D eigenvalue weighted by Gasteiger charge is -2.33. The van der Waals surface area contributed by atoms with E-state index in [2.05, 4.69) is 0 Å². The van der Waals surface area contributed by atoms with Gasteiger partial charge >= 0.3 is 0 Å². The van der Waals surface area contributed by atoms with Crippen LogP contribution < -0.4 is 0 Å². The van der Waals surface area contributed by atoms with Gasteiger partial charge in [-0.1, -0.05) is 0 Å². The second-order valence-corrected chi connectivity index (χ2v) is 6.48. The third-order valence-electron chi connectivity index (χ3n) is 5.15. The molecule has 0 aromatic heterocycles. The van der Waals surface area contributed by atoms with Crippen molar-refractivity contribution >= 4 is 11.8 Å². The second kappa shape index (κ2) is 5.91. The third-order valence-corrected chi connectivity index (χ3v) is 5.15. The molecule has 0 radical (unpaired) electrons. The van der Waals surface area contributed by atoms with Crippen molar-refractivity contribution in [1.29, 1.82) is 0 Å². The summed E-state index contributed by atoms with van der Waals surface area (Å²) in [7, 11) is 1.63. The maximum absolute atomic E-state index is 12.9. The van der Waals surface area contributed by atoms with Crippen molar-refractivity contribution in [3.63, 3.8) is 0 Å². The van der Waals surface area contributed by atoms with Crippen LogP contribution in [0.15, 0.2) is 0 Å². The molecule has 1 saturated carbocycles. The minimum absolute atomic E-state index is 0.0505.